The molecule has 3 nitrogen and oxygen atoms in total. The highest BCUT2D eigenvalue weighted by atomic mass is 16.3. The van der Waals surface area contributed by atoms with E-state index in [4.69, 9.17) is 5.73 Å². The van der Waals surface area contributed by atoms with Crippen LogP contribution in [0.5, 0.6) is 0 Å². The second-order valence-electron chi connectivity index (χ2n) is 4.63. The summed E-state index contributed by atoms with van der Waals surface area (Å²) in [6, 6.07) is 10.1. The molecule has 3 N–H and O–H groups in total. The lowest BCUT2D eigenvalue weighted by molar-refractivity contribution is 0.0209. The maximum atomic E-state index is 9.36. The first-order chi connectivity index (χ1) is 7.67. The molecule has 0 aliphatic heterocycles. The molecule has 0 unspecified atom stereocenters. The van der Waals surface area contributed by atoms with Gasteiger partial charge in [0.25, 0.3) is 0 Å². The van der Waals surface area contributed by atoms with Gasteiger partial charge in [0.2, 0.25) is 0 Å². The molecule has 1 saturated carbocycles. The van der Waals surface area contributed by atoms with E-state index in [1.165, 1.54) is 0 Å². The van der Waals surface area contributed by atoms with Crippen LogP contribution in [0.2, 0.25) is 0 Å². The first-order valence-corrected chi connectivity index (χ1v) is 5.50. The number of fused-ring (bicyclic) bond motifs is 1. The van der Waals surface area contributed by atoms with Crippen molar-refractivity contribution in [1.29, 1.82) is 0 Å². The second kappa shape index (κ2) is 3.27. The lowest BCUT2D eigenvalue weighted by Gasteiger charge is -2.42. The first kappa shape index (κ1) is 9.75. The zero-order valence-corrected chi connectivity index (χ0v) is 8.93. The molecule has 0 amide bonds. The Morgan fingerprint density at radius 1 is 1.31 bits per heavy atom. The van der Waals surface area contributed by atoms with Crippen LogP contribution in [-0.4, -0.2) is 16.2 Å². The molecule has 1 aromatic heterocycles. The molecule has 3 heteroatoms. The highest BCUT2D eigenvalue weighted by Crippen LogP contribution is 2.39. The van der Waals surface area contributed by atoms with Crippen molar-refractivity contribution in [3.8, 4) is 0 Å². The summed E-state index contributed by atoms with van der Waals surface area (Å²) in [5.41, 5.74) is 7.83. The van der Waals surface area contributed by atoms with Gasteiger partial charge in [0.1, 0.15) is 0 Å². The number of hydrogen-bond donors (Lipinski definition) is 2. The lowest BCUT2D eigenvalue weighted by Crippen LogP contribution is -2.51. The predicted molar refractivity (Wildman–Crippen MR) is 62.8 cm³/mol. The fourth-order valence-corrected chi connectivity index (χ4v) is 2.36. The number of pyridine rings is 1. The van der Waals surface area contributed by atoms with Crippen molar-refractivity contribution in [3.05, 3.63) is 42.1 Å². The van der Waals surface area contributed by atoms with E-state index in [-0.39, 0.29) is 11.6 Å². The summed E-state index contributed by atoms with van der Waals surface area (Å²) in [7, 11) is 0. The molecular weight excluding hydrogens is 200 g/mol. The van der Waals surface area contributed by atoms with Crippen molar-refractivity contribution in [2.45, 2.75) is 24.5 Å². The SMILES string of the molecule is NC1(c2cnc3ccccc3c2)CC(O)C1. The van der Waals surface area contributed by atoms with Gasteiger partial charge in [0.05, 0.1) is 11.6 Å². The van der Waals surface area contributed by atoms with Gasteiger partial charge >= 0.3 is 0 Å². The molecule has 0 radical (unpaired) electrons. The predicted octanol–water partition coefficient (Wildman–Crippen LogP) is 1.54. The number of benzene rings is 1. The number of aliphatic hydroxyl groups excluding tert-OH is 1. The summed E-state index contributed by atoms with van der Waals surface area (Å²) in [4.78, 5) is 4.39. The number of hydrogen-bond acceptors (Lipinski definition) is 3. The van der Waals surface area contributed by atoms with Crippen molar-refractivity contribution in [2.24, 2.45) is 5.73 Å². The quantitative estimate of drug-likeness (QED) is 0.757. The molecule has 2 aromatic rings. The third-order valence-electron chi connectivity index (χ3n) is 3.37. The van der Waals surface area contributed by atoms with Gasteiger partial charge in [-0.3, -0.25) is 4.98 Å². The van der Waals surface area contributed by atoms with Gasteiger partial charge in [-0.25, -0.2) is 0 Å². The van der Waals surface area contributed by atoms with Crippen LogP contribution in [-0.2, 0) is 5.54 Å². The number of aromatic nitrogens is 1. The van der Waals surface area contributed by atoms with Gasteiger partial charge in [-0.2, -0.15) is 0 Å². The Morgan fingerprint density at radius 2 is 2.06 bits per heavy atom. The standard InChI is InChI=1S/C13H14N2O/c14-13(6-11(16)7-13)10-5-9-3-1-2-4-12(9)15-8-10/h1-5,8,11,16H,6-7,14H2. The summed E-state index contributed by atoms with van der Waals surface area (Å²) >= 11 is 0. The Kier molecular flexibility index (Phi) is 1.99. The van der Waals surface area contributed by atoms with Crippen LogP contribution in [0.3, 0.4) is 0 Å². The summed E-state index contributed by atoms with van der Waals surface area (Å²) in [5, 5.41) is 10.5. The molecule has 0 saturated heterocycles. The molecule has 82 valence electrons. The van der Waals surface area contributed by atoms with Gasteiger partial charge in [-0.05, 0) is 30.5 Å². The number of nitrogens with zero attached hydrogens (tertiary/aromatic N) is 1. The van der Waals surface area contributed by atoms with Crippen LogP contribution < -0.4 is 5.73 Å². The van der Waals surface area contributed by atoms with Crippen molar-refractivity contribution >= 4 is 10.9 Å². The average molecular weight is 214 g/mol. The third-order valence-corrected chi connectivity index (χ3v) is 3.37. The Labute approximate surface area is 93.9 Å². The Bertz CT molecular complexity index is 532. The fraction of sp³-hybridized carbons (Fsp3) is 0.308. The van der Waals surface area contributed by atoms with Crippen molar-refractivity contribution in [1.82, 2.24) is 4.98 Å². The summed E-state index contributed by atoms with van der Waals surface area (Å²) in [6.45, 7) is 0. The molecule has 1 aliphatic rings. The smallest absolute Gasteiger partial charge is 0.0702 e. The number of nitrogens with two attached hydrogens (primary N) is 1. The molecular formula is C13H14N2O. The zero-order chi connectivity index (χ0) is 11.2. The Morgan fingerprint density at radius 3 is 2.81 bits per heavy atom. The minimum Gasteiger partial charge on any atom is -0.393 e. The summed E-state index contributed by atoms with van der Waals surface area (Å²) in [6.07, 6.45) is 2.84. The van der Waals surface area contributed by atoms with Crippen LogP contribution in [0.25, 0.3) is 10.9 Å². The van der Waals surface area contributed by atoms with E-state index < -0.39 is 0 Å². The molecule has 1 aromatic carbocycles. The largest absolute Gasteiger partial charge is 0.393 e. The van der Waals surface area contributed by atoms with E-state index in [2.05, 4.69) is 11.1 Å². The third kappa shape index (κ3) is 1.40. The van der Waals surface area contributed by atoms with E-state index in [0.717, 1.165) is 16.5 Å². The van der Waals surface area contributed by atoms with Crippen molar-refractivity contribution in [2.75, 3.05) is 0 Å². The molecule has 1 heterocycles. The molecule has 16 heavy (non-hydrogen) atoms. The normalized spacial score (nSPS) is 29.0. The molecule has 0 spiro atoms. The van der Waals surface area contributed by atoms with Crippen molar-refractivity contribution in [3.63, 3.8) is 0 Å². The molecule has 0 bridgehead atoms. The molecule has 1 fully saturated rings. The Balaban J connectivity index is 2.06. The lowest BCUT2D eigenvalue weighted by atomic mass is 9.71. The minimum absolute atomic E-state index is 0.253. The number of para-hydroxylation sites is 1. The second-order valence-corrected chi connectivity index (χ2v) is 4.63. The van der Waals surface area contributed by atoms with Crippen LogP contribution in [0.15, 0.2) is 36.5 Å². The number of aliphatic hydroxyl groups is 1. The van der Waals surface area contributed by atoms with Crippen LogP contribution >= 0.6 is 0 Å². The molecule has 0 atom stereocenters. The summed E-state index contributed by atoms with van der Waals surface area (Å²) in [5.74, 6) is 0. The average Bonchev–Trinajstić information content (AvgIpc) is 2.26. The Hall–Kier alpha value is -1.45. The van der Waals surface area contributed by atoms with E-state index in [0.29, 0.717) is 12.8 Å². The van der Waals surface area contributed by atoms with Crippen LogP contribution in [0.4, 0.5) is 0 Å². The van der Waals surface area contributed by atoms with Crippen molar-refractivity contribution < 1.29 is 5.11 Å². The first-order valence-electron chi connectivity index (χ1n) is 5.50. The maximum absolute atomic E-state index is 9.36. The monoisotopic (exact) mass is 214 g/mol. The summed E-state index contributed by atoms with van der Waals surface area (Å²) < 4.78 is 0. The maximum Gasteiger partial charge on any atom is 0.0702 e. The van der Waals surface area contributed by atoms with Gasteiger partial charge in [0.15, 0.2) is 0 Å². The van der Waals surface area contributed by atoms with Crippen LogP contribution in [0, 0.1) is 0 Å². The van der Waals surface area contributed by atoms with E-state index in [1.807, 2.05) is 30.5 Å². The highest BCUT2D eigenvalue weighted by molar-refractivity contribution is 5.79. The molecule has 3 rings (SSSR count). The topological polar surface area (TPSA) is 59.1 Å². The van der Waals surface area contributed by atoms with E-state index >= 15 is 0 Å². The van der Waals surface area contributed by atoms with E-state index in [1.54, 1.807) is 0 Å². The fourth-order valence-electron chi connectivity index (χ4n) is 2.36. The minimum atomic E-state index is -0.379. The van der Waals surface area contributed by atoms with Crippen LogP contribution in [0.1, 0.15) is 18.4 Å². The van der Waals surface area contributed by atoms with E-state index in [9.17, 15) is 5.11 Å². The highest BCUT2D eigenvalue weighted by Gasteiger charge is 2.41. The van der Waals surface area contributed by atoms with Gasteiger partial charge in [0, 0.05) is 17.1 Å². The zero-order valence-electron chi connectivity index (χ0n) is 8.93. The van der Waals surface area contributed by atoms with Gasteiger partial charge < -0.3 is 10.8 Å². The molecule has 1 aliphatic carbocycles. The van der Waals surface area contributed by atoms with Gasteiger partial charge in [-0.15, -0.1) is 0 Å². The van der Waals surface area contributed by atoms with Gasteiger partial charge in [-0.1, -0.05) is 18.2 Å². The number of rotatable bonds is 1.